The van der Waals surface area contributed by atoms with E-state index >= 15 is 0 Å². The van der Waals surface area contributed by atoms with Crippen LogP contribution in [0.3, 0.4) is 0 Å². The third-order valence-corrected chi connectivity index (χ3v) is 5.81. The van der Waals surface area contributed by atoms with Gasteiger partial charge in [-0.15, -0.1) is 0 Å². The standard InChI is InChI=1S/C16H21N5OS2/c1-11-14(16(17-2)24-20-11)15(22)19-10-12-3-4-18-13(9-12)21-5-7-23-8-6-21/h3-4,9,17H,5-8,10H2,1-2H3,(H,19,22). The minimum atomic E-state index is -0.0988. The minimum Gasteiger partial charge on any atom is -0.378 e. The molecule has 8 heteroatoms. The van der Waals surface area contributed by atoms with E-state index in [2.05, 4.69) is 31.0 Å². The molecule has 0 bridgehead atoms. The van der Waals surface area contributed by atoms with Gasteiger partial charge in [0.15, 0.2) is 0 Å². The van der Waals surface area contributed by atoms with Gasteiger partial charge in [-0.2, -0.15) is 16.1 Å². The monoisotopic (exact) mass is 363 g/mol. The lowest BCUT2D eigenvalue weighted by Gasteiger charge is -2.27. The summed E-state index contributed by atoms with van der Waals surface area (Å²) in [6.07, 6.45) is 1.81. The molecule has 0 spiro atoms. The molecule has 1 aliphatic heterocycles. The Hall–Kier alpha value is -1.80. The number of carbonyl (C=O) groups excluding carboxylic acids is 1. The van der Waals surface area contributed by atoms with Crippen molar-refractivity contribution >= 4 is 40.0 Å². The van der Waals surface area contributed by atoms with E-state index < -0.39 is 0 Å². The Morgan fingerprint density at radius 2 is 2.17 bits per heavy atom. The zero-order chi connectivity index (χ0) is 16.9. The number of anilines is 2. The van der Waals surface area contributed by atoms with Gasteiger partial charge in [0.25, 0.3) is 5.91 Å². The van der Waals surface area contributed by atoms with E-state index in [1.165, 1.54) is 11.5 Å². The van der Waals surface area contributed by atoms with Crippen LogP contribution >= 0.6 is 23.3 Å². The molecule has 1 fully saturated rings. The highest BCUT2D eigenvalue weighted by atomic mass is 32.2. The summed E-state index contributed by atoms with van der Waals surface area (Å²) >= 11 is 3.28. The number of aromatic nitrogens is 2. The lowest BCUT2D eigenvalue weighted by atomic mass is 10.2. The first-order chi connectivity index (χ1) is 11.7. The van der Waals surface area contributed by atoms with Gasteiger partial charge in [-0.25, -0.2) is 4.98 Å². The second-order valence-electron chi connectivity index (χ2n) is 5.53. The summed E-state index contributed by atoms with van der Waals surface area (Å²) in [6.45, 7) is 4.39. The fourth-order valence-electron chi connectivity index (χ4n) is 2.61. The Kier molecular flexibility index (Phi) is 5.57. The quantitative estimate of drug-likeness (QED) is 0.850. The summed E-state index contributed by atoms with van der Waals surface area (Å²) in [5.41, 5.74) is 2.44. The lowest BCUT2D eigenvalue weighted by Crippen LogP contribution is -2.33. The van der Waals surface area contributed by atoms with E-state index in [0.29, 0.717) is 12.1 Å². The van der Waals surface area contributed by atoms with Gasteiger partial charge >= 0.3 is 0 Å². The van der Waals surface area contributed by atoms with Crippen molar-refractivity contribution in [3.8, 4) is 0 Å². The van der Waals surface area contributed by atoms with E-state index in [1.807, 2.05) is 30.9 Å². The number of nitrogens with zero attached hydrogens (tertiary/aromatic N) is 3. The Morgan fingerprint density at radius 1 is 1.38 bits per heavy atom. The zero-order valence-electron chi connectivity index (χ0n) is 13.8. The van der Waals surface area contributed by atoms with E-state index in [9.17, 15) is 4.79 Å². The summed E-state index contributed by atoms with van der Waals surface area (Å²) in [5, 5.41) is 6.81. The molecule has 1 amide bonds. The molecule has 2 aromatic rings. The Bertz CT molecular complexity index is 712. The molecule has 1 saturated heterocycles. The first kappa shape index (κ1) is 17.0. The fraction of sp³-hybridized carbons (Fsp3) is 0.438. The van der Waals surface area contributed by atoms with Gasteiger partial charge in [0.05, 0.1) is 11.3 Å². The van der Waals surface area contributed by atoms with Crippen LogP contribution in [0.4, 0.5) is 10.8 Å². The maximum atomic E-state index is 12.5. The van der Waals surface area contributed by atoms with Gasteiger partial charge in [0.1, 0.15) is 10.8 Å². The van der Waals surface area contributed by atoms with Gasteiger partial charge in [-0.05, 0) is 36.2 Å². The number of nitrogens with one attached hydrogen (secondary N) is 2. The van der Waals surface area contributed by atoms with Gasteiger partial charge in [0.2, 0.25) is 0 Å². The van der Waals surface area contributed by atoms with Crippen molar-refractivity contribution in [3.63, 3.8) is 0 Å². The number of thioether (sulfide) groups is 1. The number of aryl methyl sites for hydroxylation is 1. The maximum Gasteiger partial charge on any atom is 0.256 e. The fourth-order valence-corrected chi connectivity index (χ4v) is 4.26. The van der Waals surface area contributed by atoms with Gasteiger partial charge in [-0.1, -0.05) is 0 Å². The molecule has 6 nitrogen and oxygen atoms in total. The molecule has 0 radical (unpaired) electrons. The normalized spacial score (nSPS) is 14.5. The van der Waals surface area contributed by atoms with Crippen molar-refractivity contribution < 1.29 is 4.79 Å². The summed E-state index contributed by atoms with van der Waals surface area (Å²) < 4.78 is 4.24. The van der Waals surface area contributed by atoms with Gasteiger partial charge in [-0.3, -0.25) is 4.79 Å². The van der Waals surface area contributed by atoms with Crippen LogP contribution in [0, 0.1) is 6.92 Å². The molecule has 1 aliphatic rings. The van der Waals surface area contributed by atoms with E-state index in [4.69, 9.17) is 0 Å². The molecule has 0 unspecified atom stereocenters. The third kappa shape index (κ3) is 3.81. The van der Waals surface area contributed by atoms with Crippen molar-refractivity contribution in [2.45, 2.75) is 13.5 Å². The molecule has 0 aliphatic carbocycles. The molecule has 0 saturated carbocycles. The maximum absolute atomic E-state index is 12.5. The molecule has 24 heavy (non-hydrogen) atoms. The predicted molar refractivity (Wildman–Crippen MR) is 101 cm³/mol. The average molecular weight is 364 g/mol. The van der Waals surface area contributed by atoms with Crippen molar-refractivity contribution in [2.24, 2.45) is 0 Å². The van der Waals surface area contributed by atoms with E-state index in [-0.39, 0.29) is 5.91 Å². The highest BCUT2D eigenvalue weighted by molar-refractivity contribution is 7.99. The molecule has 128 valence electrons. The van der Waals surface area contributed by atoms with Crippen molar-refractivity contribution in [1.29, 1.82) is 0 Å². The van der Waals surface area contributed by atoms with Crippen LogP contribution in [0.15, 0.2) is 18.3 Å². The van der Waals surface area contributed by atoms with Crippen LogP contribution in [-0.2, 0) is 6.54 Å². The molecule has 2 aromatic heterocycles. The number of hydrogen-bond acceptors (Lipinski definition) is 7. The number of carbonyl (C=O) groups is 1. The number of pyridine rings is 1. The second-order valence-corrected chi connectivity index (χ2v) is 7.52. The molecular weight excluding hydrogens is 342 g/mol. The zero-order valence-corrected chi connectivity index (χ0v) is 15.5. The smallest absolute Gasteiger partial charge is 0.256 e. The second kappa shape index (κ2) is 7.85. The highest BCUT2D eigenvalue weighted by Gasteiger charge is 2.17. The van der Waals surface area contributed by atoms with E-state index in [0.717, 1.165) is 46.7 Å². The summed E-state index contributed by atoms with van der Waals surface area (Å²) in [7, 11) is 1.80. The van der Waals surface area contributed by atoms with Crippen molar-refractivity contribution in [2.75, 3.05) is 41.9 Å². The molecule has 0 atom stereocenters. The predicted octanol–water partition coefficient (Wildman–Crippen LogP) is 2.37. The van der Waals surface area contributed by atoms with Crippen LogP contribution in [0.25, 0.3) is 0 Å². The van der Waals surface area contributed by atoms with Crippen LogP contribution in [0.1, 0.15) is 21.6 Å². The molecule has 0 aromatic carbocycles. The highest BCUT2D eigenvalue weighted by Crippen LogP contribution is 2.24. The first-order valence-electron chi connectivity index (χ1n) is 7.89. The van der Waals surface area contributed by atoms with Crippen LogP contribution in [-0.4, -0.2) is 46.9 Å². The SMILES string of the molecule is CNc1snc(C)c1C(=O)NCc1ccnc(N2CCSCC2)c1. The minimum absolute atomic E-state index is 0.0988. The molecule has 3 heterocycles. The number of amides is 1. The average Bonchev–Trinajstić information content (AvgIpc) is 3.01. The first-order valence-corrected chi connectivity index (χ1v) is 9.81. The van der Waals surface area contributed by atoms with Crippen LogP contribution < -0.4 is 15.5 Å². The van der Waals surface area contributed by atoms with E-state index in [1.54, 1.807) is 7.05 Å². The Morgan fingerprint density at radius 3 is 2.92 bits per heavy atom. The molecule has 2 N–H and O–H groups in total. The Balaban J connectivity index is 1.66. The Labute approximate surface area is 150 Å². The number of rotatable bonds is 5. The number of hydrogen-bond donors (Lipinski definition) is 2. The topological polar surface area (TPSA) is 70.1 Å². The van der Waals surface area contributed by atoms with Crippen molar-refractivity contribution in [1.82, 2.24) is 14.7 Å². The van der Waals surface area contributed by atoms with Crippen LogP contribution in [0.2, 0.25) is 0 Å². The van der Waals surface area contributed by atoms with Crippen LogP contribution in [0.5, 0.6) is 0 Å². The molecule has 3 rings (SSSR count). The molecular formula is C16H21N5OS2. The van der Waals surface area contributed by atoms with Gasteiger partial charge < -0.3 is 15.5 Å². The summed E-state index contributed by atoms with van der Waals surface area (Å²) in [6, 6.07) is 4.01. The third-order valence-electron chi connectivity index (χ3n) is 3.91. The summed E-state index contributed by atoms with van der Waals surface area (Å²) in [4.78, 5) is 19.2. The van der Waals surface area contributed by atoms with Gasteiger partial charge in [0, 0.05) is 44.4 Å². The lowest BCUT2D eigenvalue weighted by molar-refractivity contribution is 0.0951. The summed E-state index contributed by atoms with van der Waals surface area (Å²) in [5.74, 6) is 3.17. The largest absolute Gasteiger partial charge is 0.378 e. The van der Waals surface area contributed by atoms with Crippen molar-refractivity contribution in [3.05, 3.63) is 35.2 Å².